The van der Waals surface area contributed by atoms with Crippen LogP contribution in [0, 0.1) is 11.3 Å². The lowest BCUT2D eigenvalue weighted by molar-refractivity contribution is -0.904. The number of carbonyl (C=O) groups is 2. The number of hydrogen-bond donors (Lipinski definition) is 2. The second-order valence-corrected chi connectivity index (χ2v) is 9.78. The van der Waals surface area contributed by atoms with Crippen molar-refractivity contribution in [2.75, 3.05) is 13.1 Å². The van der Waals surface area contributed by atoms with Crippen molar-refractivity contribution in [2.45, 2.75) is 50.9 Å². The first-order valence-electron chi connectivity index (χ1n) is 12.8. The van der Waals surface area contributed by atoms with Crippen molar-refractivity contribution in [1.82, 2.24) is 14.9 Å². The summed E-state index contributed by atoms with van der Waals surface area (Å²) in [6.07, 6.45) is 13.0. The summed E-state index contributed by atoms with van der Waals surface area (Å²) in [4.78, 5) is 34.5. The molecule has 5 rings (SSSR count). The first kappa shape index (κ1) is 24.4. The van der Waals surface area contributed by atoms with Crippen LogP contribution in [0.5, 0.6) is 0 Å². The molecule has 8 nitrogen and oxygen atoms in total. The van der Waals surface area contributed by atoms with Crippen LogP contribution in [0.3, 0.4) is 0 Å². The summed E-state index contributed by atoms with van der Waals surface area (Å²) < 4.78 is 0.928. The normalized spacial score (nSPS) is 16.2. The molecule has 0 bridgehead atoms. The average Bonchev–Trinajstić information content (AvgIpc) is 3.44. The Kier molecular flexibility index (Phi) is 7.13. The van der Waals surface area contributed by atoms with E-state index in [1.54, 1.807) is 12.1 Å². The molecule has 0 unspecified atom stereocenters. The number of pyridine rings is 1. The molecular formula is C29H30N5O3+. The molecule has 188 valence electrons. The minimum absolute atomic E-state index is 0.0153. The SMILES string of the molecule is N#Cc1cnc(C(=O)Cc2ccc(C3CCN(C(=O)c4cc[n+](O)cc4)CC3)cc2C2=CCCCC2)[nH]1. The van der Waals surface area contributed by atoms with Gasteiger partial charge in [-0.1, -0.05) is 24.3 Å². The molecule has 1 aliphatic carbocycles. The van der Waals surface area contributed by atoms with E-state index in [4.69, 9.17) is 5.26 Å². The maximum Gasteiger partial charge on any atom is 0.254 e. The maximum absolute atomic E-state index is 12.9. The number of ketones is 1. The summed E-state index contributed by atoms with van der Waals surface area (Å²) in [5, 5.41) is 18.5. The highest BCUT2D eigenvalue weighted by Gasteiger charge is 2.26. The van der Waals surface area contributed by atoms with E-state index in [0.29, 0.717) is 24.6 Å². The van der Waals surface area contributed by atoms with Gasteiger partial charge in [-0.3, -0.25) is 14.8 Å². The van der Waals surface area contributed by atoms with E-state index >= 15 is 0 Å². The Morgan fingerprint density at radius 2 is 1.95 bits per heavy atom. The van der Waals surface area contributed by atoms with Crippen LogP contribution in [0.1, 0.15) is 87.8 Å². The second-order valence-electron chi connectivity index (χ2n) is 9.78. The van der Waals surface area contributed by atoms with Gasteiger partial charge >= 0.3 is 0 Å². The molecular weight excluding hydrogens is 466 g/mol. The Hall–Kier alpha value is -4.25. The van der Waals surface area contributed by atoms with Gasteiger partial charge in [0.15, 0.2) is 5.82 Å². The molecule has 1 fully saturated rings. The van der Waals surface area contributed by atoms with Gasteiger partial charge in [0.05, 0.1) is 11.8 Å². The number of hydrogen-bond acceptors (Lipinski definition) is 5. The van der Waals surface area contributed by atoms with Gasteiger partial charge < -0.3 is 9.88 Å². The van der Waals surface area contributed by atoms with E-state index in [2.05, 4.69) is 34.2 Å². The number of aromatic amines is 1. The van der Waals surface area contributed by atoms with Crippen LogP contribution in [0.15, 0.2) is 55.0 Å². The number of likely N-dealkylation sites (tertiary alicyclic amines) is 1. The first-order valence-corrected chi connectivity index (χ1v) is 12.8. The van der Waals surface area contributed by atoms with Crippen molar-refractivity contribution in [3.8, 4) is 6.07 Å². The number of nitrogens with one attached hydrogen (secondary N) is 1. The van der Waals surface area contributed by atoms with E-state index < -0.39 is 0 Å². The quantitative estimate of drug-likeness (QED) is 0.301. The van der Waals surface area contributed by atoms with Crippen LogP contribution in [-0.4, -0.2) is 44.9 Å². The number of amides is 1. The molecule has 1 aliphatic heterocycles. The highest BCUT2D eigenvalue weighted by Crippen LogP contribution is 2.35. The lowest BCUT2D eigenvalue weighted by Gasteiger charge is -2.32. The van der Waals surface area contributed by atoms with Crippen molar-refractivity contribution in [3.63, 3.8) is 0 Å². The number of H-pyrrole nitrogens is 1. The Balaban J connectivity index is 1.33. The third kappa shape index (κ3) is 5.46. The molecule has 3 aromatic rings. The number of imidazole rings is 1. The highest BCUT2D eigenvalue weighted by atomic mass is 16.5. The minimum Gasteiger partial charge on any atom is -0.339 e. The predicted octanol–water partition coefficient (Wildman–Crippen LogP) is 4.21. The second kappa shape index (κ2) is 10.8. The van der Waals surface area contributed by atoms with Crippen molar-refractivity contribution in [3.05, 3.63) is 88.8 Å². The Morgan fingerprint density at radius 3 is 2.62 bits per heavy atom. The number of Topliss-reactive ketones (excluding diaryl/α,β-unsaturated/α-hetero) is 1. The highest BCUT2D eigenvalue weighted by molar-refractivity contribution is 5.95. The van der Waals surface area contributed by atoms with Gasteiger partial charge in [-0.25, -0.2) is 4.98 Å². The molecule has 0 atom stereocenters. The third-order valence-electron chi connectivity index (χ3n) is 7.40. The molecule has 0 spiro atoms. The molecule has 0 saturated carbocycles. The van der Waals surface area contributed by atoms with Gasteiger partial charge in [0, 0.05) is 36.4 Å². The lowest BCUT2D eigenvalue weighted by atomic mass is 9.83. The van der Waals surface area contributed by atoms with Crippen LogP contribution in [-0.2, 0) is 6.42 Å². The van der Waals surface area contributed by atoms with Crippen molar-refractivity contribution < 1.29 is 19.5 Å². The number of aromatic nitrogens is 3. The molecule has 1 saturated heterocycles. The number of allylic oxidation sites excluding steroid dienone is 2. The molecule has 2 aliphatic rings. The number of piperidine rings is 1. The van der Waals surface area contributed by atoms with Gasteiger partial charge in [0.2, 0.25) is 18.2 Å². The van der Waals surface area contributed by atoms with Crippen LogP contribution >= 0.6 is 0 Å². The molecule has 8 heteroatoms. The van der Waals surface area contributed by atoms with Crippen LogP contribution < -0.4 is 4.73 Å². The fourth-order valence-electron chi connectivity index (χ4n) is 5.32. The summed E-state index contributed by atoms with van der Waals surface area (Å²) >= 11 is 0. The number of carbonyl (C=O) groups excluding carboxylic acids is 2. The zero-order valence-electron chi connectivity index (χ0n) is 20.7. The zero-order valence-corrected chi connectivity index (χ0v) is 20.7. The zero-order chi connectivity index (χ0) is 25.8. The fourth-order valence-corrected chi connectivity index (χ4v) is 5.32. The van der Waals surface area contributed by atoms with Crippen molar-refractivity contribution in [2.24, 2.45) is 0 Å². The van der Waals surface area contributed by atoms with E-state index in [-0.39, 0.29) is 29.6 Å². The Labute approximate surface area is 215 Å². The average molecular weight is 497 g/mol. The smallest absolute Gasteiger partial charge is 0.254 e. The Morgan fingerprint density at radius 1 is 1.16 bits per heavy atom. The Bertz CT molecular complexity index is 1380. The van der Waals surface area contributed by atoms with Crippen LogP contribution in [0.2, 0.25) is 0 Å². The van der Waals surface area contributed by atoms with E-state index in [0.717, 1.165) is 48.0 Å². The standard InChI is InChI=1S/C29H29N5O3/c30-18-25-19-31-28(32-25)27(35)17-24-7-6-23(16-26(24)21-4-2-1-3-5-21)20-8-12-33(13-9-20)29(36)22-10-14-34(37)15-11-22/h4,6-7,10-11,14-16,19-20H,1-3,5,8-9,12-13,17H2,(H-,31,32,35,36,37)/p+1. The van der Waals surface area contributed by atoms with Gasteiger partial charge in [-0.05, 0) is 66.7 Å². The molecule has 2 N–H and O–H groups in total. The number of rotatable bonds is 6. The number of nitriles is 1. The molecule has 0 radical (unpaired) electrons. The third-order valence-corrected chi connectivity index (χ3v) is 7.40. The van der Waals surface area contributed by atoms with E-state index in [1.165, 1.54) is 36.1 Å². The van der Waals surface area contributed by atoms with Crippen molar-refractivity contribution >= 4 is 17.3 Å². The van der Waals surface area contributed by atoms with E-state index in [9.17, 15) is 14.8 Å². The molecule has 37 heavy (non-hydrogen) atoms. The minimum atomic E-state index is -0.133. The molecule has 2 aromatic heterocycles. The molecule has 3 heterocycles. The predicted molar refractivity (Wildman–Crippen MR) is 136 cm³/mol. The van der Waals surface area contributed by atoms with Crippen LogP contribution in [0.25, 0.3) is 5.57 Å². The van der Waals surface area contributed by atoms with E-state index in [1.807, 2.05) is 11.0 Å². The van der Waals surface area contributed by atoms with Gasteiger partial charge in [0.1, 0.15) is 11.8 Å². The summed E-state index contributed by atoms with van der Waals surface area (Å²) in [6.45, 7) is 1.35. The topological polar surface area (TPSA) is 114 Å². The van der Waals surface area contributed by atoms with Crippen molar-refractivity contribution in [1.29, 1.82) is 5.26 Å². The largest absolute Gasteiger partial charge is 0.339 e. The summed E-state index contributed by atoms with van der Waals surface area (Å²) in [6, 6.07) is 11.7. The summed E-state index contributed by atoms with van der Waals surface area (Å²) in [5.74, 6) is 0.411. The number of benzene rings is 1. The van der Waals surface area contributed by atoms with Gasteiger partial charge in [-0.15, -0.1) is 0 Å². The van der Waals surface area contributed by atoms with Crippen LogP contribution in [0.4, 0.5) is 0 Å². The first-order chi connectivity index (χ1) is 18.0. The lowest BCUT2D eigenvalue weighted by Crippen LogP contribution is -2.38. The monoisotopic (exact) mass is 496 g/mol. The summed E-state index contributed by atoms with van der Waals surface area (Å²) in [5.41, 5.74) is 5.51. The number of nitrogens with zero attached hydrogens (tertiary/aromatic N) is 4. The van der Waals surface area contributed by atoms with Gasteiger partial charge in [0.25, 0.3) is 5.91 Å². The van der Waals surface area contributed by atoms with Gasteiger partial charge in [-0.2, -0.15) is 5.26 Å². The maximum atomic E-state index is 12.9. The molecule has 1 aromatic carbocycles. The fraction of sp³-hybridized carbons (Fsp3) is 0.345. The summed E-state index contributed by atoms with van der Waals surface area (Å²) in [7, 11) is 0. The molecule has 1 amide bonds.